The molecule has 0 aliphatic carbocycles. The van der Waals surface area contributed by atoms with Crippen molar-refractivity contribution in [1.29, 1.82) is 0 Å². The molecule has 0 amide bonds. The fraction of sp³-hybridized carbons (Fsp3) is 0.483. The molecule has 0 fully saturated rings. The van der Waals surface area contributed by atoms with E-state index < -0.39 is 16.6 Å². The number of hydrogen-bond donors (Lipinski definition) is 0. The highest BCUT2D eigenvalue weighted by atomic mass is 28.4. The van der Waals surface area contributed by atoms with Crippen molar-refractivity contribution >= 4 is 33.2 Å². The van der Waals surface area contributed by atoms with Crippen molar-refractivity contribution in [2.75, 3.05) is 0 Å². The summed E-state index contributed by atoms with van der Waals surface area (Å²) in [5, 5.41) is 10.6. The quantitative estimate of drug-likeness (QED) is 0.165. The highest BCUT2D eigenvalue weighted by Gasteiger charge is 2.40. The maximum absolute atomic E-state index is 6.41. The smallest absolute Gasteiger partial charge is 0.286 e. The minimum atomic E-state index is -2.03. The SMILES string of the molecule is C/C=C\C(=N/O[Si](C)(C)C(C)(C)C)c1ccc2cnn(-c3cccc(CO[Si](C)(C)C(C)(C)C)n3)c2c1. The van der Waals surface area contributed by atoms with Crippen molar-refractivity contribution in [2.45, 2.75) is 91.3 Å². The molecule has 0 atom stereocenters. The summed E-state index contributed by atoms with van der Waals surface area (Å²) >= 11 is 0. The van der Waals surface area contributed by atoms with Gasteiger partial charge < -0.3 is 8.95 Å². The Balaban J connectivity index is 1.95. The molecule has 1 aromatic carbocycles. The van der Waals surface area contributed by atoms with Gasteiger partial charge in [-0.2, -0.15) is 5.10 Å². The lowest BCUT2D eigenvalue weighted by Crippen LogP contribution is -2.40. The first-order valence-electron chi connectivity index (χ1n) is 13.0. The topological polar surface area (TPSA) is 61.5 Å². The van der Waals surface area contributed by atoms with Crippen molar-refractivity contribution in [3.8, 4) is 5.82 Å². The van der Waals surface area contributed by atoms with Gasteiger partial charge in [-0.1, -0.05) is 65.8 Å². The summed E-state index contributed by atoms with van der Waals surface area (Å²) in [6, 6.07) is 12.3. The lowest BCUT2D eigenvalue weighted by molar-refractivity contribution is 0.272. The van der Waals surface area contributed by atoms with Crippen LogP contribution in [0.5, 0.6) is 0 Å². The first-order chi connectivity index (χ1) is 17.1. The molecule has 0 spiro atoms. The summed E-state index contributed by atoms with van der Waals surface area (Å²) in [5.41, 5.74) is 3.65. The van der Waals surface area contributed by atoms with E-state index in [-0.39, 0.29) is 10.1 Å². The largest absolute Gasteiger partial charge is 0.454 e. The molecule has 0 radical (unpaired) electrons. The van der Waals surface area contributed by atoms with E-state index >= 15 is 0 Å². The van der Waals surface area contributed by atoms with Crippen LogP contribution >= 0.6 is 0 Å². The van der Waals surface area contributed by atoms with E-state index in [2.05, 4.69) is 96.2 Å². The molecule has 0 saturated carbocycles. The fourth-order valence-electron chi connectivity index (χ4n) is 3.13. The van der Waals surface area contributed by atoms with Gasteiger partial charge in [0.05, 0.1) is 24.0 Å². The zero-order valence-corrected chi connectivity index (χ0v) is 26.5. The normalized spacial score (nSPS) is 14.1. The molecule has 37 heavy (non-hydrogen) atoms. The Morgan fingerprint density at radius 1 is 0.973 bits per heavy atom. The average Bonchev–Trinajstić information content (AvgIpc) is 3.22. The Morgan fingerprint density at radius 3 is 2.27 bits per heavy atom. The van der Waals surface area contributed by atoms with E-state index in [4.69, 9.17) is 13.9 Å². The maximum atomic E-state index is 6.41. The van der Waals surface area contributed by atoms with Gasteiger partial charge in [-0.25, -0.2) is 9.67 Å². The number of benzene rings is 1. The Morgan fingerprint density at radius 2 is 1.65 bits per heavy atom. The van der Waals surface area contributed by atoms with Gasteiger partial charge in [0.1, 0.15) is 5.71 Å². The molecule has 0 aliphatic rings. The van der Waals surface area contributed by atoms with Crippen LogP contribution < -0.4 is 0 Å². The molecule has 0 aliphatic heterocycles. The van der Waals surface area contributed by atoms with Gasteiger partial charge in [0.2, 0.25) is 0 Å². The minimum absolute atomic E-state index is 0.0745. The number of hydrogen-bond acceptors (Lipinski definition) is 5. The molecule has 2 heterocycles. The van der Waals surface area contributed by atoms with Gasteiger partial charge in [-0.05, 0) is 67.5 Å². The van der Waals surface area contributed by atoms with Gasteiger partial charge >= 0.3 is 0 Å². The second-order valence-electron chi connectivity index (χ2n) is 12.7. The van der Waals surface area contributed by atoms with Crippen LogP contribution in [0.1, 0.15) is 59.7 Å². The Hall–Kier alpha value is -2.56. The Kier molecular flexibility index (Phi) is 8.36. The third kappa shape index (κ3) is 6.66. The number of rotatable bonds is 8. The van der Waals surface area contributed by atoms with Gasteiger partial charge in [0, 0.05) is 10.9 Å². The molecule has 3 aromatic rings. The van der Waals surface area contributed by atoms with Gasteiger partial charge in [0.15, 0.2) is 14.1 Å². The van der Waals surface area contributed by atoms with Crippen molar-refractivity contribution in [1.82, 2.24) is 14.8 Å². The van der Waals surface area contributed by atoms with E-state index in [0.29, 0.717) is 6.61 Å². The molecule has 6 nitrogen and oxygen atoms in total. The molecule has 0 N–H and O–H groups in total. The van der Waals surface area contributed by atoms with Crippen LogP contribution in [-0.4, -0.2) is 37.1 Å². The van der Waals surface area contributed by atoms with Crippen molar-refractivity contribution in [2.24, 2.45) is 5.16 Å². The lowest BCUT2D eigenvalue weighted by Gasteiger charge is -2.36. The van der Waals surface area contributed by atoms with E-state index in [0.717, 1.165) is 33.7 Å². The van der Waals surface area contributed by atoms with E-state index in [1.165, 1.54) is 0 Å². The predicted molar refractivity (Wildman–Crippen MR) is 160 cm³/mol. The van der Waals surface area contributed by atoms with Gasteiger partial charge in [-0.15, -0.1) is 5.16 Å². The zero-order chi connectivity index (χ0) is 27.6. The van der Waals surface area contributed by atoms with Crippen LogP contribution in [0.15, 0.2) is 59.9 Å². The number of nitrogens with zero attached hydrogens (tertiary/aromatic N) is 4. The van der Waals surface area contributed by atoms with E-state index in [1.54, 1.807) is 0 Å². The molecule has 0 bridgehead atoms. The summed E-state index contributed by atoms with van der Waals surface area (Å²) in [7, 11) is -3.90. The van der Waals surface area contributed by atoms with Crippen LogP contribution in [0.3, 0.4) is 0 Å². The zero-order valence-electron chi connectivity index (χ0n) is 24.5. The molecule has 8 heteroatoms. The summed E-state index contributed by atoms with van der Waals surface area (Å²) in [5.74, 6) is 0.769. The third-order valence-electron chi connectivity index (χ3n) is 7.77. The van der Waals surface area contributed by atoms with Crippen molar-refractivity contribution in [3.63, 3.8) is 0 Å². The summed E-state index contributed by atoms with van der Waals surface area (Å²) in [6.07, 6.45) is 5.85. The lowest BCUT2D eigenvalue weighted by atomic mass is 10.1. The van der Waals surface area contributed by atoms with Crippen molar-refractivity contribution < 1.29 is 8.95 Å². The highest BCUT2D eigenvalue weighted by molar-refractivity contribution is 6.74. The molecule has 2 aromatic heterocycles. The number of aromatic nitrogens is 3. The first-order valence-corrected chi connectivity index (χ1v) is 18.8. The van der Waals surface area contributed by atoms with Crippen molar-refractivity contribution in [3.05, 3.63) is 66.0 Å². The van der Waals surface area contributed by atoms with Crippen LogP contribution in [-0.2, 0) is 15.6 Å². The highest BCUT2D eigenvalue weighted by Crippen LogP contribution is 2.38. The molecule has 3 rings (SSSR count). The summed E-state index contributed by atoms with van der Waals surface area (Å²) in [6.45, 7) is 24.8. The monoisotopic (exact) mass is 536 g/mol. The molecular formula is C29H44N4O2Si2. The molecule has 0 saturated heterocycles. The van der Waals surface area contributed by atoms with Crippen LogP contribution in [0.4, 0.5) is 0 Å². The summed E-state index contributed by atoms with van der Waals surface area (Å²) in [4.78, 5) is 4.89. The van der Waals surface area contributed by atoms with E-state index in [1.807, 2.05) is 48.2 Å². The summed E-state index contributed by atoms with van der Waals surface area (Å²) < 4.78 is 14.5. The third-order valence-corrected chi connectivity index (χ3v) is 16.4. The Labute approximate surface area is 225 Å². The van der Waals surface area contributed by atoms with Crippen LogP contribution in [0.25, 0.3) is 16.7 Å². The second-order valence-corrected chi connectivity index (χ2v) is 22.2. The average molecular weight is 537 g/mol. The van der Waals surface area contributed by atoms with Crippen LogP contribution in [0, 0.1) is 0 Å². The standard InChI is InChI=1S/C29H44N4O2Si2/c1-12-14-25(32-35-37(10,11)29(5,6)7)22-17-18-23-20-30-33(26(23)19-22)27-16-13-15-24(31-27)21-34-36(8,9)28(2,3)4/h12-20H,21H2,1-11H3/b14-12-,32-25+. The predicted octanol–water partition coefficient (Wildman–Crippen LogP) is 8.24. The van der Waals surface area contributed by atoms with Gasteiger partial charge in [0.25, 0.3) is 8.32 Å². The molecule has 200 valence electrons. The Bertz CT molecular complexity index is 1300. The first kappa shape index (κ1) is 29.0. The number of pyridine rings is 1. The second kappa shape index (κ2) is 10.7. The van der Waals surface area contributed by atoms with Gasteiger partial charge in [-0.3, -0.25) is 0 Å². The fourth-order valence-corrected chi connectivity index (χ4v) is 4.68. The maximum Gasteiger partial charge on any atom is 0.286 e. The number of fused-ring (bicyclic) bond motifs is 1. The molecule has 0 unspecified atom stereocenters. The number of allylic oxidation sites excluding steroid dienone is 2. The minimum Gasteiger partial charge on any atom is -0.454 e. The van der Waals surface area contributed by atoms with E-state index in [9.17, 15) is 0 Å². The number of oxime groups is 1. The molecular weight excluding hydrogens is 493 g/mol. The van der Waals surface area contributed by atoms with Crippen LogP contribution in [0.2, 0.25) is 36.3 Å².